The van der Waals surface area contributed by atoms with Crippen LogP contribution in [0.3, 0.4) is 0 Å². The molecule has 2 aromatic rings. The van der Waals surface area contributed by atoms with Gasteiger partial charge >= 0.3 is 5.97 Å². The molecule has 4 rings (SSSR count). The molecule has 2 aromatic carbocycles. The number of nitrogens with zero attached hydrogens (tertiary/aromatic N) is 2. The van der Waals surface area contributed by atoms with Gasteiger partial charge < -0.3 is 5.11 Å². The van der Waals surface area contributed by atoms with Crippen LogP contribution >= 0.6 is 0 Å². The minimum absolute atomic E-state index is 0.247. The van der Waals surface area contributed by atoms with Crippen molar-refractivity contribution in [1.82, 2.24) is 4.90 Å². The second-order valence-electron chi connectivity index (χ2n) is 6.53. The number of rotatable bonds is 3. The van der Waals surface area contributed by atoms with Crippen molar-refractivity contribution >= 4 is 29.4 Å². The zero-order valence-corrected chi connectivity index (χ0v) is 14.3. The fraction of sp³-hybridized carbons (Fsp3) is 0.200. The van der Waals surface area contributed by atoms with E-state index in [1.165, 1.54) is 0 Å². The van der Waals surface area contributed by atoms with E-state index in [1.807, 2.05) is 12.1 Å². The maximum Gasteiger partial charge on any atom is 0.323 e. The van der Waals surface area contributed by atoms with Gasteiger partial charge in [0.25, 0.3) is 17.7 Å². The molecule has 0 saturated heterocycles. The number of carbonyl (C=O) groups excluding carboxylic acids is 3. The van der Waals surface area contributed by atoms with Gasteiger partial charge in [-0.3, -0.25) is 29.0 Å². The van der Waals surface area contributed by atoms with Crippen molar-refractivity contribution in [3.05, 3.63) is 65.2 Å². The van der Waals surface area contributed by atoms with Crippen molar-refractivity contribution in [3.63, 3.8) is 0 Å². The Balaban J connectivity index is 1.75. The van der Waals surface area contributed by atoms with Gasteiger partial charge in [0.1, 0.15) is 12.6 Å². The summed E-state index contributed by atoms with van der Waals surface area (Å²) in [5.74, 6) is -2.76. The van der Waals surface area contributed by atoms with E-state index in [0.717, 1.165) is 15.4 Å². The summed E-state index contributed by atoms with van der Waals surface area (Å²) >= 11 is 0. The van der Waals surface area contributed by atoms with Crippen LogP contribution in [0.25, 0.3) is 0 Å². The number of hydrogen-bond donors (Lipinski definition) is 1. The first kappa shape index (κ1) is 17.0. The Labute approximate surface area is 154 Å². The number of aliphatic carboxylic acids is 1. The molecule has 2 aliphatic heterocycles. The summed E-state index contributed by atoms with van der Waals surface area (Å²) in [6, 6.07) is 12.4. The van der Waals surface area contributed by atoms with Gasteiger partial charge in [0.05, 0.1) is 11.1 Å². The topological polar surface area (TPSA) is 95.0 Å². The minimum atomic E-state index is -1.17. The summed E-state index contributed by atoms with van der Waals surface area (Å²) in [6.45, 7) is -0.532. The number of carboxylic acid groups (broad SMARTS) is 1. The molecule has 2 heterocycles. The molecule has 0 aromatic heterocycles. The molecule has 0 radical (unpaired) electrons. The maximum absolute atomic E-state index is 13.2. The quantitative estimate of drug-likeness (QED) is 0.837. The van der Waals surface area contributed by atoms with Gasteiger partial charge in [-0.15, -0.1) is 0 Å². The summed E-state index contributed by atoms with van der Waals surface area (Å²) in [4.78, 5) is 52.2. The number of amides is 3. The molecule has 1 N–H and O–H groups in total. The van der Waals surface area contributed by atoms with Crippen LogP contribution in [0.1, 0.15) is 32.7 Å². The number of anilines is 1. The van der Waals surface area contributed by atoms with E-state index in [2.05, 4.69) is 0 Å². The van der Waals surface area contributed by atoms with E-state index in [9.17, 15) is 24.3 Å². The SMILES string of the molecule is O=C(O)CN1C(=O)C(N2C(=O)c3ccccc3C2=O)CCc2ccccc21. The van der Waals surface area contributed by atoms with E-state index in [1.54, 1.807) is 36.4 Å². The minimum Gasteiger partial charge on any atom is -0.480 e. The third-order valence-electron chi connectivity index (χ3n) is 4.95. The summed E-state index contributed by atoms with van der Waals surface area (Å²) in [5.41, 5.74) is 1.85. The van der Waals surface area contributed by atoms with Gasteiger partial charge in [-0.1, -0.05) is 30.3 Å². The molecular formula is C20H16N2O5. The van der Waals surface area contributed by atoms with E-state index in [4.69, 9.17) is 0 Å². The monoisotopic (exact) mass is 364 g/mol. The molecule has 0 aliphatic carbocycles. The van der Waals surface area contributed by atoms with Crippen molar-refractivity contribution < 1.29 is 24.3 Å². The summed E-state index contributed by atoms with van der Waals surface area (Å²) in [7, 11) is 0. The number of fused-ring (bicyclic) bond motifs is 2. The van der Waals surface area contributed by atoms with Crippen LogP contribution in [0.15, 0.2) is 48.5 Å². The Morgan fingerprint density at radius 3 is 2.19 bits per heavy atom. The van der Waals surface area contributed by atoms with E-state index >= 15 is 0 Å². The molecule has 0 spiro atoms. The van der Waals surface area contributed by atoms with Gasteiger partial charge in [0.2, 0.25) is 0 Å². The fourth-order valence-corrected chi connectivity index (χ4v) is 3.73. The molecule has 2 aliphatic rings. The predicted octanol–water partition coefficient (Wildman–Crippen LogP) is 1.72. The number of carbonyl (C=O) groups is 4. The molecular weight excluding hydrogens is 348 g/mol. The van der Waals surface area contributed by atoms with Gasteiger partial charge in [-0.2, -0.15) is 0 Å². The third-order valence-corrected chi connectivity index (χ3v) is 4.95. The highest BCUT2D eigenvalue weighted by Gasteiger charge is 2.45. The fourth-order valence-electron chi connectivity index (χ4n) is 3.73. The molecule has 7 nitrogen and oxygen atoms in total. The van der Waals surface area contributed by atoms with E-state index in [-0.39, 0.29) is 17.5 Å². The van der Waals surface area contributed by atoms with Crippen LogP contribution in [0.5, 0.6) is 0 Å². The Morgan fingerprint density at radius 2 is 1.56 bits per heavy atom. The smallest absolute Gasteiger partial charge is 0.323 e. The molecule has 1 unspecified atom stereocenters. The van der Waals surface area contributed by atoms with Crippen molar-refractivity contribution in [2.75, 3.05) is 11.4 Å². The van der Waals surface area contributed by atoms with Crippen LogP contribution in [-0.2, 0) is 16.0 Å². The Kier molecular flexibility index (Phi) is 3.99. The largest absolute Gasteiger partial charge is 0.480 e. The van der Waals surface area contributed by atoms with Gasteiger partial charge in [0.15, 0.2) is 0 Å². The number of para-hydroxylation sites is 1. The van der Waals surface area contributed by atoms with E-state index < -0.39 is 36.3 Å². The lowest BCUT2D eigenvalue weighted by Crippen LogP contribution is -2.51. The average molecular weight is 364 g/mol. The average Bonchev–Trinajstić information content (AvgIpc) is 2.83. The standard InChI is InChI=1S/C20H16N2O5/c23-17(24)11-21-15-8-4-1-5-12(15)9-10-16(20(21)27)22-18(25)13-6-2-3-7-14(13)19(22)26/h1-8,16H,9-11H2,(H,23,24). The van der Waals surface area contributed by atoms with Crippen LogP contribution in [0.4, 0.5) is 5.69 Å². The second-order valence-corrected chi connectivity index (χ2v) is 6.53. The van der Waals surface area contributed by atoms with Crippen LogP contribution in [-0.4, -0.2) is 46.3 Å². The number of aryl methyl sites for hydroxylation is 1. The number of hydrogen-bond acceptors (Lipinski definition) is 4. The van der Waals surface area contributed by atoms with Crippen LogP contribution in [0, 0.1) is 0 Å². The lowest BCUT2D eigenvalue weighted by atomic mass is 10.1. The molecule has 7 heteroatoms. The highest BCUT2D eigenvalue weighted by atomic mass is 16.4. The highest BCUT2D eigenvalue weighted by Crippen LogP contribution is 2.32. The summed E-state index contributed by atoms with van der Waals surface area (Å²) in [6.07, 6.45) is 0.702. The second kappa shape index (κ2) is 6.35. The molecule has 0 fully saturated rings. The van der Waals surface area contributed by atoms with E-state index in [0.29, 0.717) is 12.1 Å². The van der Waals surface area contributed by atoms with Crippen LogP contribution < -0.4 is 4.90 Å². The van der Waals surface area contributed by atoms with Gasteiger partial charge in [0, 0.05) is 5.69 Å². The Hall–Kier alpha value is -3.48. The van der Waals surface area contributed by atoms with Gasteiger partial charge in [-0.25, -0.2) is 0 Å². The zero-order chi connectivity index (χ0) is 19.1. The first-order valence-corrected chi connectivity index (χ1v) is 8.57. The molecule has 0 bridgehead atoms. The molecule has 136 valence electrons. The number of benzene rings is 2. The molecule has 27 heavy (non-hydrogen) atoms. The first-order valence-electron chi connectivity index (χ1n) is 8.57. The Bertz CT molecular complexity index is 949. The normalized spacial score (nSPS) is 19.0. The van der Waals surface area contributed by atoms with Crippen molar-refractivity contribution in [1.29, 1.82) is 0 Å². The lowest BCUT2D eigenvalue weighted by Gasteiger charge is -2.28. The highest BCUT2D eigenvalue weighted by molar-refractivity contribution is 6.23. The molecule has 0 saturated carbocycles. The zero-order valence-electron chi connectivity index (χ0n) is 14.3. The van der Waals surface area contributed by atoms with Crippen LogP contribution in [0.2, 0.25) is 0 Å². The molecule has 3 amide bonds. The van der Waals surface area contributed by atoms with Gasteiger partial charge in [-0.05, 0) is 36.6 Å². The van der Waals surface area contributed by atoms with Crippen molar-refractivity contribution in [2.45, 2.75) is 18.9 Å². The van der Waals surface area contributed by atoms with Crippen molar-refractivity contribution in [2.24, 2.45) is 0 Å². The third kappa shape index (κ3) is 2.68. The molecule has 1 atom stereocenters. The maximum atomic E-state index is 13.2. The summed E-state index contributed by atoms with van der Waals surface area (Å²) in [5, 5.41) is 9.26. The number of carboxylic acids is 1. The lowest BCUT2D eigenvalue weighted by molar-refractivity contribution is -0.137. The van der Waals surface area contributed by atoms with Crippen molar-refractivity contribution in [3.8, 4) is 0 Å². The summed E-state index contributed by atoms with van der Waals surface area (Å²) < 4.78 is 0. The number of imide groups is 1. The Morgan fingerprint density at radius 1 is 0.963 bits per heavy atom. The predicted molar refractivity (Wildman–Crippen MR) is 95.5 cm³/mol. The first-order chi connectivity index (χ1) is 13.0.